The van der Waals surface area contributed by atoms with Gasteiger partial charge in [-0.15, -0.1) is 6.58 Å². The van der Waals surface area contributed by atoms with Gasteiger partial charge in [-0.3, -0.25) is 9.59 Å². The summed E-state index contributed by atoms with van der Waals surface area (Å²) in [7, 11) is 1.79. The smallest absolute Gasteiger partial charge is 0.254 e. The molecular formula is C19H26N2O2. The Morgan fingerprint density at radius 2 is 2.22 bits per heavy atom. The quantitative estimate of drug-likeness (QED) is 0.585. The summed E-state index contributed by atoms with van der Waals surface area (Å²) in [5, 5.41) is 3.43. The van der Waals surface area contributed by atoms with Gasteiger partial charge in [0.15, 0.2) is 6.29 Å². The van der Waals surface area contributed by atoms with Gasteiger partial charge >= 0.3 is 0 Å². The molecule has 0 bridgehead atoms. The van der Waals surface area contributed by atoms with E-state index in [4.69, 9.17) is 0 Å². The third kappa shape index (κ3) is 4.21. The molecule has 1 aliphatic rings. The van der Waals surface area contributed by atoms with Crippen LogP contribution < -0.4 is 5.32 Å². The maximum Gasteiger partial charge on any atom is 0.254 e. The first-order chi connectivity index (χ1) is 11.1. The highest BCUT2D eigenvalue weighted by molar-refractivity contribution is 6.02. The van der Waals surface area contributed by atoms with E-state index in [0.29, 0.717) is 17.2 Å². The Morgan fingerprint density at radius 3 is 2.78 bits per heavy atom. The molecule has 1 aliphatic carbocycles. The van der Waals surface area contributed by atoms with Crippen molar-refractivity contribution in [2.45, 2.75) is 51.1 Å². The van der Waals surface area contributed by atoms with Crippen LogP contribution in [0.25, 0.3) is 0 Å². The summed E-state index contributed by atoms with van der Waals surface area (Å²) in [6.45, 7) is 5.73. The minimum atomic E-state index is -0.110. The molecule has 23 heavy (non-hydrogen) atoms. The van der Waals surface area contributed by atoms with Crippen molar-refractivity contribution in [1.82, 2.24) is 4.90 Å². The van der Waals surface area contributed by atoms with Gasteiger partial charge in [0.25, 0.3) is 5.91 Å². The lowest BCUT2D eigenvalue weighted by Gasteiger charge is -2.28. The molecule has 1 N–H and O–H groups in total. The molecular weight excluding hydrogens is 288 g/mol. The normalized spacial score (nSPS) is 15.4. The van der Waals surface area contributed by atoms with E-state index in [1.54, 1.807) is 24.1 Å². The monoisotopic (exact) mass is 314 g/mol. The predicted molar refractivity (Wildman–Crippen MR) is 94.1 cm³/mol. The van der Waals surface area contributed by atoms with Gasteiger partial charge in [-0.1, -0.05) is 6.08 Å². The number of allylic oxidation sites excluding steroid dienone is 1. The molecule has 0 aliphatic heterocycles. The van der Waals surface area contributed by atoms with Crippen molar-refractivity contribution in [1.29, 1.82) is 0 Å². The topological polar surface area (TPSA) is 49.4 Å². The van der Waals surface area contributed by atoms with Crippen molar-refractivity contribution in [3.05, 3.63) is 42.0 Å². The molecule has 1 atom stereocenters. The molecule has 1 saturated carbocycles. The fraction of sp³-hybridized carbons (Fsp3) is 0.474. The second-order valence-corrected chi connectivity index (χ2v) is 6.32. The van der Waals surface area contributed by atoms with Crippen molar-refractivity contribution in [3.63, 3.8) is 0 Å². The standard InChI is InChI=1S/C19H26N2O2/c1-4-5-7-14(2)21(3)19(23)18-12-17(11-10-15(18)13-22)20-16-8-6-9-16/h4,10-14,16,20H,1,5-9H2,2-3H3. The second kappa shape index (κ2) is 7.95. The zero-order chi connectivity index (χ0) is 16.8. The summed E-state index contributed by atoms with van der Waals surface area (Å²) in [6.07, 6.45) is 7.91. The van der Waals surface area contributed by atoms with E-state index in [9.17, 15) is 9.59 Å². The van der Waals surface area contributed by atoms with Crippen molar-refractivity contribution in [2.75, 3.05) is 12.4 Å². The molecule has 0 aromatic heterocycles. The van der Waals surface area contributed by atoms with Crippen LogP contribution in [-0.4, -0.2) is 36.2 Å². The second-order valence-electron chi connectivity index (χ2n) is 6.32. The molecule has 1 aromatic carbocycles. The fourth-order valence-corrected chi connectivity index (χ4v) is 2.67. The van der Waals surface area contributed by atoms with Crippen LogP contribution in [0.1, 0.15) is 59.7 Å². The lowest BCUT2D eigenvalue weighted by Crippen LogP contribution is -2.35. The summed E-state index contributed by atoms with van der Waals surface area (Å²) in [6, 6.07) is 6.00. The van der Waals surface area contributed by atoms with E-state index < -0.39 is 0 Å². The molecule has 1 fully saturated rings. The molecule has 0 spiro atoms. The lowest BCUT2D eigenvalue weighted by atomic mass is 9.92. The first-order valence-electron chi connectivity index (χ1n) is 8.30. The average molecular weight is 314 g/mol. The zero-order valence-electron chi connectivity index (χ0n) is 14.0. The number of benzene rings is 1. The number of hydrogen-bond donors (Lipinski definition) is 1. The van der Waals surface area contributed by atoms with E-state index in [1.807, 2.05) is 19.1 Å². The van der Waals surface area contributed by atoms with Gasteiger partial charge in [0.2, 0.25) is 0 Å². The Morgan fingerprint density at radius 1 is 1.48 bits per heavy atom. The van der Waals surface area contributed by atoms with Crippen LogP contribution in [0.4, 0.5) is 5.69 Å². The Balaban J connectivity index is 2.17. The van der Waals surface area contributed by atoms with Crippen molar-refractivity contribution < 1.29 is 9.59 Å². The van der Waals surface area contributed by atoms with Crippen molar-refractivity contribution >= 4 is 17.9 Å². The van der Waals surface area contributed by atoms with Gasteiger partial charge in [-0.2, -0.15) is 0 Å². The number of anilines is 1. The Bertz CT molecular complexity index is 579. The predicted octanol–water partition coefficient (Wildman–Crippen LogP) is 3.89. The van der Waals surface area contributed by atoms with Gasteiger partial charge in [-0.05, 0) is 57.2 Å². The molecule has 4 heteroatoms. The van der Waals surface area contributed by atoms with E-state index in [2.05, 4.69) is 11.9 Å². The number of aldehydes is 1. The van der Waals surface area contributed by atoms with E-state index in [-0.39, 0.29) is 11.9 Å². The van der Waals surface area contributed by atoms with Gasteiger partial charge in [-0.25, -0.2) is 0 Å². The lowest BCUT2D eigenvalue weighted by molar-refractivity contribution is 0.0735. The zero-order valence-corrected chi connectivity index (χ0v) is 14.0. The van der Waals surface area contributed by atoms with Crippen molar-refractivity contribution in [2.24, 2.45) is 0 Å². The number of hydrogen-bond acceptors (Lipinski definition) is 3. The van der Waals surface area contributed by atoms with Crippen LogP contribution >= 0.6 is 0 Å². The fourth-order valence-electron chi connectivity index (χ4n) is 2.67. The summed E-state index contributed by atoms with van der Waals surface area (Å²) < 4.78 is 0. The molecule has 0 heterocycles. The van der Waals surface area contributed by atoms with Crippen LogP contribution in [0.2, 0.25) is 0 Å². The first-order valence-corrected chi connectivity index (χ1v) is 8.30. The Kier molecular flexibility index (Phi) is 5.97. The number of nitrogens with zero attached hydrogens (tertiary/aromatic N) is 1. The molecule has 2 rings (SSSR count). The minimum absolute atomic E-state index is 0.100. The molecule has 124 valence electrons. The van der Waals surface area contributed by atoms with Crippen LogP contribution in [-0.2, 0) is 0 Å². The summed E-state index contributed by atoms with van der Waals surface area (Å²) in [5.74, 6) is -0.110. The highest BCUT2D eigenvalue weighted by Gasteiger charge is 2.22. The Hall–Kier alpha value is -2.10. The Labute approximate surface area is 138 Å². The van der Waals surface area contributed by atoms with E-state index in [1.165, 1.54) is 6.42 Å². The molecule has 1 unspecified atom stereocenters. The molecule has 0 saturated heterocycles. The van der Waals surface area contributed by atoms with E-state index >= 15 is 0 Å². The maximum atomic E-state index is 12.8. The maximum absolute atomic E-state index is 12.8. The summed E-state index contributed by atoms with van der Waals surface area (Å²) >= 11 is 0. The number of carbonyl (C=O) groups is 2. The summed E-state index contributed by atoms with van der Waals surface area (Å²) in [5.41, 5.74) is 1.82. The third-order valence-corrected chi connectivity index (χ3v) is 4.66. The van der Waals surface area contributed by atoms with E-state index in [0.717, 1.165) is 37.7 Å². The van der Waals surface area contributed by atoms with Gasteiger partial charge in [0, 0.05) is 30.4 Å². The number of carbonyl (C=O) groups excluding carboxylic acids is 2. The minimum Gasteiger partial charge on any atom is -0.382 e. The van der Waals surface area contributed by atoms with Gasteiger partial charge in [0.1, 0.15) is 0 Å². The van der Waals surface area contributed by atoms with Gasteiger partial charge in [0.05, 0.1) is 5.56 Å². The molecule has 0 radical (unpaired) electrons. The SMILES string of the molecule is C=CCCC(C)N(C)C(=O)c1cc(NC2CCC2)ccc1C=O. The average Bonchev–Trinajstić information content (AvgIpc) is 2.54. The van der Waals surface area contributed by atoms with Crippen LogP contribution in [0.15, 0.2) is 30.9 Å². The number of nitrogens with one attached hydrogen (secondary N) is 1. The van der Waals surface area contributed by atoms with Gasteiger partial charge < -0.3 is 10.2 Å². The molecule has 4 nitrogen and oxygen atoms in total. The molecule has 1 amide bonds. The van der Waals surface area contributed by atoms with Crippen LogP contribution in [0, 0.1) is 0 Å². The first kappa shape index (κ1) is 17.3. The highest BCUT2D eigenvalue weighted by Crippen LogP contribution is 2.25. The van der Waals surface area contributed by atoms with Crippen molar-refractivity contribution in [3.8, 4) is 0 Å². The third-order valence-electron chi connectivity index (χ3n) is 4.66. The van der Waals surface area contributed by atoms with Crippen LogP contribution in [0.3, 0.4) is 0 Å². The number of rotatable bonds is 8. The largest absolute Gasteiger partial charge is 0.382 e. The highest BCUT2D eigenvalue weighted by atomic mass is 16.2. The number of amides is 1. The molecule has 1 aromatic rings. The summed E-state index contributed by atoms with van der Waals surface area (Å²) in [4.78, 5) is 25.8. The van der Waals surface area contributed by atoms with Crippen LogP contribution in [0.5, 0.6) is 0 Å².